The van der Waals surface area contributed by atoms with Gasteiger partial charge in [0.05, 0.1) is 6.61 Å². The summed E-state index contributed by atoms with van der Waals surface area (Å²) in [5, 5.41) is 6.07. The molecule has 0 fully saturated rings. The number of hydrogen-bond donors (Lipinski definition) is 2. The van der Waals surface area contributed by atoms with Gasteiger partial charge in [-0.3, -0.25) is 4.79 Å². The van der Waals surface area contributed by atoms with Crippen LogP contribution in [0.3, 0.4) is 0 Å². The van der Waals surface area contributed by atoms with Crippen molar-refractivity contribution in [2.24, 2.45) is 0 Å². The Bertz CT molecular complexity index is 912. The Morgan fingerprint density at radius 2 is 1.79 bits per heavy atom. The second kappa shape index (κ2) is 9.62. The molecule has 0 spiro atoms. The predicted octanol–water partition coefficient (Wildman–Crippen LogP) is 4.02. The van der Waals surface area contributed by atoms with E-state index in [4.69, 9.17) is 4.74 Å². The summed E-state index contributed by atoms with van der Waals surface area (Å²) in [6, 6.07) is 19.0. The van der Waals surface area contributed by atoms with E-state index < -0.39 is 0 Å². The van der Waals surface area contributed by atoms with Crippen LogP contribution in [0.25, 0.3) is 11.4 Å². The third-order valence-corrected chi connectivity index (χ3v) is 4.22. The van der Waals surface area contributed by atoms with Crippen LogP contribution in [0.15, 0.2) is 60.7 Å². The quantitative estimate of drug-likeness (QED) is 0.581. The highest BCUT2D eigenvalue weighted by Crippen LogP contribution is 2.19. The number of carbonyl (C=O) groups is 1. The lowest BCUT2D eigenvalue weighted by Gasteiger charge is -2.11. The number of aryl methyl sites for hydroxylation is 1. The molecule has 0 radical (unpaired) electrons. The summed E-state index contributed by atoms with van der Waals surface area (Å²) in [6.07, 6.45) is 0.955. The van der Waals surface area contributed by atoms with Crippen molar-refractivity contribution in [1.29, 1.82) is 0 Å². The zero-order valence-electron chi connectivity index (χ0n) is 16.1. The number of nitrogens with zero attached hydrogens (tertiary/aromatic N) is 2. The van der Waals surface area contributed by atoms with Crippen molar-refractivity contribution >= 4 is 17.4 Å². The normalized spacial score (nSPS) is 10.5. The lowest BCUT2D eigenvalue weighted by atomic mass is 10.1. The van der Waals surface area contributed by atoms with Crippen molar-refractivity contribution in [2.45, 2.75) is 13.3 Å². The molecule has 1 amide bonds. The number of amides is 1. The molecule has 3 rings (SSSR count). The summed E-state index contributed by atoms with van der Waals surface area (Å²) < 4.78 is 5.07. The van der Waals surface area contributed by atoms with E-state index in [1.165, 1.54) is 5.56 Å². The minimum atomic E-state index is -0.279. The van der Waals surface area contributed by atoms with E-state index in [0.29, 0.717) is 30.5 Å². The molecule has 1 aromatic heterocycles. The standard InChI is InChI=1S/C22H24N4O2/c1-3-16-9-11-18(12-10-16)24-22(27)19-15-20(23-13-14-28-2)26-21(25-19)17-7-5-4-6-8-17/h4-12,15H,3,13-14H2,1-2H3,(H,24,27)(H,23,25,26). The maximum atomic E-state index is 12.8. The molecule has 0 saturated carbocycles. The summed E-state index contributed by atoms with van der Waals surface area (Å²) >= 11 is 0. The van der Waals surface area contributed by atoms with Crippen molar-refractivity contribution in [3.8, 4) is 11.4 Å². The smallest absolute Gasteiger partial charge is 0.274 e. The Balaban J connectivity index is 1.86. The van der Waals surface area contributed by atoms with Gasteiger partial charge in [-0.2, -0.15) is 0 Å². The molecule has 1 heterocycles. The maximum Gasteiger partial charge on any atom is 0.274 e. The Labute approximate surface area is 165 Å². The monoisotopic (exact) mass is 376 g/mol. The van der Waals surface area contributed by atoms with Gasteiger partial charge >= 0.3 is 0 Å². The lowest BCUT2D eigenvalue weighted by Crippen LogP contribution is -2.16. The molecule has 0 aliphatic heterocycles. The van der Waals surface area contributed by atoms with Crippen molar-refractivity contribution in [1.82, 2.24) is 9.97 Å². The number of benzene rings is 2. The van der Waals surface area contributed by atoms with Crippen molar-refractivity contribution in [2.75, 3.05) is 30.9 Å². The van der Waals surface area contributed by atoms with E-state index in [1.807, 2.05) is 54.6 Å². The second-order valence-electron chi connectivity index (χ2n) is 6.25. The fraction of sp³-hybridized carbons (Fsp3) is 0.227. The van der Waals surface area contributed by atoms with Crippen LogP contribution in [0.2, 0.25) is 0 Å². The van der Waals surface area contributed by atoms with Crippen LogP contribution in [0.1, 0.15) is 23.0 Å². The Morgan fingerprint density at radius 3 is 2.46 bits per heavy atom. The van der Waals surface area contributed by atoms with Gasteiger partial charge in [-0.05, 0) is 24.1 Å². The van der Waals surface area contributed by atoms with Gasteiger partial charge in [0.25, 0.3) is 5.91 Å². The predicted molar refractivity (Wildman–Crippen MR) is 112 cm³/mol. The first-order valence-electron chi connectivity index (χ1n) is 9.27. The third kappa shape index (κ3) is 5.14. The molecule has 144 valence electrons. The van der Waals surface area contributed by atoms with Crippen LogP contribution < -0.4 is 10.6 Å². The molecule has 6 heteroatoms. The highest BCUT2D eigenvalue weighted by molar-refractivity contribution is 6.03. The number of ether oxygens (including phenoxy) is 1. The molecule has 28 heavy (non-hydrogen) atoms. The molecular weight excluding hydrogens is 352 g/mol. The van der Waals surface area contributed by atoms with Crippen LogP contribution in [0, 0.1) is 0 Å². The van der Waals surface area contributed by atoms with Gasteiger partial charge in [0.1, 0.15) is 11.5 Å². The van der Waals surface area contributed by atoms with Crippen LogP contribution in [-0.4, -0.2) is 36.1 Å². The van der Waals surface area contributed by atoms with E-state index in [2.05, 4.69) is 27.5 Å². The molecule has 0 bridgehead atoms. The second-order valence-corrected chi connectivity index (χ2v) is 6.25. The lowest BCUT2D eigenvalue weighted by molar-refractivity contribution is 0.102. The molecule has 0 atom stereocenters. The van der Waals surface area contributed by atoms with Crippen LogP contribution in [0.4, 0.5) is 11.5 Å². The molecular formula is C22H24N4O2. The summed E-state index contributed by atoms with van der Waals surface area (Å²) in [5.74, 6) is 0.797. The zero-order chi connectivity index (χ0) is 19.8. The molecule has 2 N–H and O–H groups in total. The number of aromatic nitrogens is 2. The fourth-order valence-electron chi connectivity index (χ4n) is 2.67. The zero-order valence-corrected chi connectivity index (χ0v) is 16.1. The first-order chi connectivity index (χ1) is 13.7. The number of nitrogens with one attached hydrogen (secondary N) is 2. The Morgan fingerprint density at radius 1 is 1.04 bits per heavy atom. The van der Waals surface area contributed by atoms with E-state index in [-0.39, 0.29) is 5.91 Å². The third-order valence-electron chi connectivity index (χ3n) is 4.22. The van der Waals surface area contributed by atoms with Crippen LogP contribution >= 0.6 is 0 Å². The van der Waals surface area contributed by atoms with Gasteiger partial charge in [0.2, 0.25) is 0 Å². The van der Waals surface area contributed by atoms with E-state index in [9.17, 15) is 4.79 Å². The molecule has 0 aliphatic rings. The number of hydrogen-bond acceptors (Lipinski definition) is 5. The highest BCUT2D eigenvalue weighted by atomic mass is 16.5. The molecule has 3 aromatic rings. The topological polar surface area (TPSA) is 76.1 Å². The number of carbonyl (C=O) groups excluding carboxylic acids is 1. The summed E-state index contributed by atoms with van der Waals surface area (Å²) in [7, 11) is 1.64. The maximum absolute atomic E-state index is 12.8. The van der Waals surface area contributed by atoms with E-state index in [0.717, 1.165) is 17.7 Å². The van der Waals surface area contributed by atoms with Gasteiger partial charge in [-0.1, -0.05) is 49.4 Å². The first-order valence-corrected chi connectivity index (χ1v) is 9.27. The summed E-state index contributed by atoms with van der Waals surface area (Å²) in [6.45, 7) is 3.22. The van der Waals surface area contributed by atoms with Crippen molar-refractivity contribution < 1.29 is 9.53 Å². The number of methoxy groups -OCH3 is 1. The Hall–Kier alpha value is -3.25. The first kappa shape index (κ1) is 19.5. The molecule has 0 saturated heterocycles. The largest absolute Gasteiger partial charge is 0.383 e. The number of anilines is 2. The van der Waals surface area contributed by atoms with Gasteiger partial charge in [0.15, 0.2) is 5.82 Å². The van der Waals surface area contributed by atoms with Gasteiger partial charge in [0, 0.05) is 31.0 Å². The fourth-order valence-corrected chi connectivity index (χ4v) is 2.67. The van der Waals surface area contributed by atoms with E-state index in [1.54, 1.807) is 13.2 Å². The number of rotatable bonds is 8. The molecule has 0 aliphatic carbocycles. The summed E-state index contributed by atoms with van der Waals surface area (Å²) in [5.41, 5.74) is 3.10. The summed E-state index contributed by atoms with van der Waals surface area (Å²) in [4.78, 5) is 21.8. The van der Waals surface area contributed by atoms with Crippen molar-refractivity contribution in [3.05, 3.63) is 71.9 Å². The van der Waals surface area contributed by atoms with Gasteiger partial charge in [-0.15, -0.1) is 0 Å². The molecule has 6 nitrogen and oxygen atoms in total. The van der Waals surface area contributed by atoms with Gasteiger partial charge < -0.3 is 15.4 Å². The Kier molecular flexibility index (Phi) is 6.70. The van der Waals surface area contributed by atoms with Crippen LogP contribution in [0.5, 0.6) is 0 Å². The average molecular weight is 376 g/mol. The van der Waals surface area contributed by atoms with Crippen LogP contribution in [-0.2, 0) is 11.2 Å². The minimum absolute atomic E-state index is 0.279. The molecule has 2 aromatic carbocycles. The molecule has 0 unspecified atom stereocenters. The van der Waals surface area contributed by atoms with E-state index >= 15 is 0 Å². The SMILES string of the molecule is CCc1ccc(NC(=O)c2cc(NCCOC)nc(-c3ccccc3)n2)cc1. The minimum Gasteiger partial charge on any atom is -0.383 e. The van der Waals surface area contributed by atoms with Gasteiger partial charge in [-0.25, -0.2) is 9.97 Å². The van der Waals surface area contributed by atoms with Crippen molar-refractivity contribution in [3.63, 3.8) is 0 Å². The average Bonchev–Trinajstić information content (AvgIpc) is 2.75. The highest BCUT2D eigenvalue weighted by Gasteiger charge is 2.13.